The van der Waals surface area contributed by atoms with E-state index in [-0.39, 0.29) is 26.1 Å². The second kappa shape index (κ2) is 70.7. The first kappa shape index (κ1) is 87.4. The molecule has 0 bridgehead atoms. The zero-order valence-electron chi connectivity index (χ0n) is 59.4. The summed E-state index contributed by atoms with van der Waals surface area (Å²) in [5, 5.41) is 0. The minimum Gasteiger partial charge on any atom is -0.756 e. The first-order valence-electron chi connectivity index (χ1n) is 36.8. The lowest BCUT2D eigenvalue weighted by atomic mass is 10.0. The summed E-state index contributed by atoms with van der Waals surface area (Å²) >= 11 is 0. The SMILES string of the molecule is CC/C=C\C/C=C\C/C=C\C/C=C\C/C=C\C/C=C\C/C=C\C/C=C\C/C=C\CCCCCCCC(=O)OC(COC(=O)CCCCCCCCCCCCCCCCCCCCC/C=C\C/C=C\C/C=C\C/C=C\C/C=C\CC)COP(=O)([O-])OCC[N+](C)(C)C. The fourth-order valence-corrected chi connectivity index (χ4v) is 10.4. The van der Waals surface area contributed by atoms with Crippen LogP contribution in [0.25, 0.3) is 0 Å². The summed E-state index contributed by atoms with van der Waals surface area (Å²) in [4.78, 5) is 38.1. The molecular formula is C82H136NO8P. The number of phosphoric acid groups is 1. The van der Waals surface area contributed by atoms with E-state index in [4.69, 9.17) is 18.5 Å². The smallest absolute Gasteiger partial charge is 0.306 e. The highest BCUT2D eigenvalue weighted by molar-refractivity contribution is 7.45. The van der Waals surface area contributed by atoms with Crippen molar-refractivity contribution >= 4 is 19.8 Å². The number of likely N-dealkylation sites (N-methyl/N-ethyl adjacent to an activating group) is 1. The number of nitrogens with zero attached hydrogens (tertiary/aromatic N) is 1. The highest BCUT2D eigenvalue weighted by atomic mass is 31.2. The molecule has 0 heterocycles. The third kappa shape index (κ3) is 74.4. The molecule has 522 valence electrons. The van der Waals surface area contributed by atoms with Gasteiger partial charge in [0.2, 0.25) is 0 Å². The highest BCUT2D eigenvalue weighted by Gasteiger charge is 2.22. The van der Waals surface area contributed by atoms with Gasteiger partial charge in [-0.15, -0.1) is 0 Å². The van der Waals surface area contributed by atoms with E-state index in [1.54, 1.807) is 0 Å². The number of carbonyl (C=O) groups is 2. The van der Waals surface area contributed by atoms with Crippen LogP contribution >= 0.6 is 7.82 Å². The average molecular weight is 1290 g/mol. The molecule has 0 spiro atoms. The number of rotatable bonds is 66. The lowest BCUT2D eigenvalue weighted by molar-refractivity contribution is -0.870. The van der Waals surface area contributed by atoms with Crippen molar-refractivity contribution < 1.29 is 42.1 Å². The molecule has 10 heteroatoms. The number of carbonyl (C=O) groups excluding carboxylic acids is 2. The van der Waals surface area contributed by atoms with Crippen molar-refractivity contribution in [1.29, 1.82) is 0 Å². The van der Waals surface area contributed by atoms with E-state index in [1.807, 2.05) is 21.1 Å². The van der Waals surface area contributed by atoms with Gasteiger partial charge in [0.1, 0.15) is 19.8 Å². The average Bonchev–Trinajstić information content (AvgIpc) is 2.23. The third-order valence-corrected chi connectivity index (χ3v) is 16.2. The predicted octanol–water partition coefficient (Wildman–Crippen LogP) is 23.9. The molecular weight excluding hydrogens is 1160 g/mol. The van der Waals surface area contributed by atoms with Gasteiger partial charge in [-0.3, -0.25) is 14.2 Å². The Morgan fingerprint density at radius 3 is 0.870 bits per heavy atom. The van der Waals surface area contributed by atoms with E-state index in [0.29, 0.717) is 17.4 Å². The number of phosphoric ester groups is 1. The van der Waals surface area contributed by atoms with Crippen LogP contribution in [0.4, 0.5) is 0 Å². The number of unbranched alkanes of at least 4 members (excludes halogenated alkanes) is 24. The van der Waals surface area contributed by atoms with Crippen LogP contribution in [-0.4, -0.2) is 70.0 Å². The topological polar surface area (TPSA) is 111 Å². The number of hydrogen-bond acceptors (Lipinski definition) is 8. The Hall–Kier alpha value is -4.63. The van der Waals surface area contributed by atoms with Gasteiger partial charge in [-0.2, -0.15) is 0 Å². The summed E-state index contributed by atoms with van der Waals surface area (Å²) in [7, 11) is 1.14. The van der Waals surface area contributed by atoms with Crippen LogP contribution in [0.2, 0.25) is 0 Å². The van der Waals surface area contributed by atoms with Crippen molar-refractivity contribution in [3.63, 3.8) is 0 Å². The molecule has 0 N–H and O–H groups in total. The van der Waals surface area contributed by atoms with Crippen molar-refractivity contribution in [2.45, 2.75) is 290 Å². The lowest BCUT2D eigenvalue weighted by Crippen LogP contribution is -2.37. The van der Waals surface area contributed by atoms with Crippen molar-refractivity contribution in [2.75, 3.05) is 47.5 Å². The number of allylic oxidation sites excluding steroid dienone is 28. The van der Waals surface area contributed by atoms with Crippen molar-refractivity contribution in [1.82, 2.24) is 0 Å². The van der Waals surface area contributed by atoms with Gasteiger partial charge in [-0.25, -0.2) is 0 Å². The molecule has 2 atom stereocenters. The molecule has 0 aliphatic heterocycles. The fourth-order valence-electron chi connectivity index (χ4n) is 9.68. The Balaban J connectivity index is 4.10. The quantitative estimate of drug-likeness (QED) is 0.0195. The van der Waals surface area contributed by atoms with Gasteiger partial charge in [0, 0.05) is 12.8 Å². The molecule has 0 radical (unpaired) electrons. The maximum Gasteiger partial charge on any atom is 0.306 e. The standard InChI is InChI=1S/C82H136NO8P/c1-6-8-10-12-14-16-18-20-22-24-26-28-30-32-34-36-38-40-41-43-44-46-48-50-52-54-56-58-60-62-64-66-68-70-72-74-81(84)88-78-80(79-90-92(86,87)89-77-76-83(3,4)5)91-82(85)75-73-71-69-67-65-63-61-59-57-55-53-51-49-47-45-42-39-37-35-33-31-29-27-25-23-21-19-17-15-13-11-9-7-2/h8-11,14-17,20-23,26-29,32-35,39,42,47,49,53,55,59,61,80H,6-7,12-13,18-19,24-25,30-31,36-38,40-41,43-46,48,50-52,54,56-58,60,62-79H2,1-5H3/b10-8-,11-9-,16-14-,17-15-,22-20-,23-21-,28-26-,29-27-,34-32-,35-33-,42-39-,49-47-,55-53-,61-59-. The molecule has 9 nitrogen and oxygen atoms in total. The fraction of sp³-hybridized carbons (Fsp3) is 0.634. The van der Waals surface area contributed by atoms with Gasteiger partial charge in [0.05, 0.1) is 27.7 Å². The van der Waals surface area contributed by atoms with E-state index >= 15 is 0 Å². The van der Waals surface area contributed by atoms with Crippen molar-refractivity contribution in [3.05, 3.63) is 170 Å². The van der Waals surface area contributed by atoms with Crippen molar-refractivity contribution in [3.8, 4) is 0 Å². The van der Waals surface area contributed by atoms with Gasteiger partial charge < -0.3 is 27.9 Å². The first-order chi connectivity index (χ1) is 45.0. The summed E-state index contributed by atoms with van der Waals surface area (Å²) in [6.07, 6.45) is 107. The van der Waals surface area contributed by atoms with Crippen LogP contribution in [0.5, 0.6) is 0 Å². The molecule has 0 saturated heterocycles. The Kier molecular flexibility index (Phi) is 67.1. The maximum absolute atomic E-state index is 12.9. The van der Waals surface area contributed by atoms with Crippen LogP contribution in [0, 0.1) is 0 Å². The third-order valence-electron chi connectivity index (χ3n) is 15.2. The number of hydrogen-bond donors (Lipinski definition) is 0. The summed E-state index contributed by atoms with van der Waals surface area (Å²) in [5.41, 5.74) is 0. The summed E-state index contributed by atoms with van der Waals surface area (Å²) in [5.74, 6) is -0.859. The first-order valence-corrected chi connectivity index (χ1v) is 38.3. The Labute approximate surface area is 566 Å². The molecule has 0 fully saturated rings. The largest absolute Gasteiger partial charge is 0.756 e. The molecule has 0 aliphatic rings. The molecule has 0 aromatic heterocycles. The molecule has 0 rings (SSSR count). The van der Waals surface area contributed by atoms with Gasteiger partial charge in [0.15, 0.2) is 6.10 Å². The molecule has 0 aliphatic carbocycles. The number of quaternary nitrogens is 1. The monoisotopic (exact) mass is 1290 g/mol. The Morgan fingerprint density at radius 1 is 0.337 bits per heavy atom. The van der Waals surface area contributed by atoms with E-state index in [1.165, 1.54) is 109 Å². The van der Waals surface area contributed by atoms with E-state index in [2.05, 4.69) is 184 Å². The number of esters is 2. The summed E-state index contributed by atoms with van der Waals surface area (Å²) in [6.45, 7) is 3.99. The summed E-state index contributed by atoms with van der Waals surface area (Å²) < 4.78 is 34.3. The summed E-state index contributed by atoms with van der Waals surface area (Å²) in [6, 6.07) is 0. The Bertz CT molecular complexity index is 2160. The predicted molar refractivity (Wildman–Crippen MR) is 396 cm³/mol. The number of ether oxygens (including phenoxy) is 2. The van der Waals surface area contributed by atoms with E-state index < -0.39 is 32.5 Å². The molecule has 92 heavy (non-hydrogen) atoms. The van der Waals surface area contributed by atoms with Gasteiger partial charge >= 0.3 is 11.9 Å². The van der Waals surface area contributed by atoms with E-state index in [9.17, 15) is 19.0 Å². The second-order valence-corrected chi connectivity index (χ2v) is 26.6. The highest BCUT2D eigenvalue weighted by Crippen LogP contribution is 2.38. The molecule has 0 aromatic rings. The molecule has 0 saturated carbocycles. The zero-order chi connectivity index (χ0) is 66.9. The molecule has 0 amide bonds. The van der Waals surface area contributed by atoms with Crippen LogP contribution in [0.1, 0.15) is 284 Å². The van der Waals surface area contributed by atoms with Crippen LogP contribution in [0.15, 0.2) is 170 Å². The van der Waals surface area contributed by atoms with Crippen LogP contribution in [-0.2, 0) is 32.7 Å². The second-order valence-electron chi connectivity index (χ2n) is 25.2. The lowest BCUT2D eigenvalue weighted by Gasteiger charge is -2.28. The van der Waals surface area contributed by atoms with Crippen LogP contribution in [0.3, 0.4) is 0 Å². The van der Waals surface area contributed by atoms with Gasteiger partial charge in [0.25, 0.3) is 7.82 Å². The minimum absolute atomic E-state index is 0.0425. The molecule has 0 aromatic carbocycles. The molecule has 2 unspecified atom stereocenters. The maximum atomic E-state index is 12.9. The van der Waals surface area contributed by atoms with Gasteiger partial charge in [-0.1, -0.05) is 312 Å². The minimum atomic E-state index is -4.66. The zero-order valence-corrected chi connectivity index (χ0v) is 60.3. The van der Waals surface area contributed by atoms with Crippen molar-refractivity contribution in [2.24, 2.45) is 0 Å². The van der Waals surface area contributed by atoms with E-state index in [0.717, 1.165) is 141 Å². The normalized spacial score (nSPS) is 14.1. The Morgan fingerprint density at radius 2 is 0.587 bits per heavy atom. The van der Waals surface area contributed by atoms with Gasteiger partial charge in [-0.05, 0) is 128 Å². The van der Waals surface area contributed by atoms with Crippen LogP contribution < -0.4 is 4.89 Å².